The van der Waals surface area contributed by atoms with Gasteiger partial charge in [0.2, 0.25) is 5.88 Å². The molecule has 102 valence electrons. The van der Waals surface area contributed by atoms with Crippen molar-refractivity contribution in [1.29, 1.82) is 0 Å². The number of pyridine rings is 1. The molecule has 0 radical (unpaired) electrons. The number of quaternary nitrogens is 1. The van der Waals surface area contributed by atoms with Crippen LogP contribution in [0.15, 0.2) is 30.5 Å². The Hall–Kier alpha value is -1.61. The largest absolute Gasteiger partial charge is 0.481 e. The molecule has 0 saturated carbocycles. The van der Waals surface area contributed by atoms with E-state index >= 15 is 0 Å². The average Bonchev–Trinajstić information content (AvgIpc) is 2.35. The van der Waals surface area contributed by atoms with E-state index in [1.54, 1.807) is 7.11 Å². The molecule has 1 aliphatic carbocycles. The number of ether oxygens (including phenoxy) is 1. The second kappa shape index (κ2) is 5.17. The van der Waals surface area contributed by atoms with Crippen LogP contribution in [0.5, 0.6) is 5.88 Å². The van der Waals surface area contributed by atoms with Gasteiger partial charge in [0.05, 0.1) is 28.3 Å². The summed E-state index contributed by atoms with van der Waals surface area (Å²) < 4.78 is 6.08. The van der Waals surface area contributed by atoms with Crippen molar-refractivity contribution in [2.45, 2.75) is 12.8 Å². The molecular formula is C16H23N2O+. The maximum Gasteiger partial charge on any atom is 0.213 e. The molecule has 0 unspecified atom stereocenters. The number of hydrogen-bond donors (Lipinski definition) is 0. The number of aromatic nitrogens is 1. The topological polar surface area (TPSA) is 22.1 Å². The van der Waals surface area contributed by atoms with Crippen LogP contribution < -0.4 is 4.74 Å². The standard InChI is InChI=1S/C16H23N2O/c1-12(11-18(2,3)4)14-8-6-7-13-9-16(19-5)17-10-15(13)14/h8-10H,1,6-7,11H2,2-5H3/q+1. The summed E-state index contributed by atoms with van der Waals surface area (Å²) in [7, 11) is 8.20. The first-order chi connectivity index (χ1) is 8.90. The summed E-state index contributed by atoms with van der Waals surface area (Å²) in [5.41, 5.74) is 4.96. The maximum absolute atomic E-state index is 5.20. The van der Waals surface area contributed by atoms with Crippen LogP contribution in [0, 0.1) is 0 Å². The summed E-state index contributed by atoms with van der Waals surface area (Å²) in [5, 5.41) is 0. The van der Waals surface area contributed by atoms with E-state index in [2.05, 4.69) is 38.8 Å². The van der Waals surface area contributed by atoms with Crippen LogP contribution in [0.2, 0.25) is 0 Å². The van der Waals surface area contributed by atoms with E-state index in [0.717, 1.165) is 23.9 Å². The molecule has 0 bridgehead atoms. The third kappa shape index (κ3) is 3.24. The highest BCUT2D eigenvalue weighted by Crippen LogP contribution is 2.32. The van der Waals surface area contributed by atoms with Gasteiger partial charge in [-0.25, -0.2) is 4.98 Å². The van der Waals surface area contributed by atoms with Crippen LogP contribution in [0.1, 0.15) is 17.5 Å². The summed E-state index contributed by atoms with van der Waals surface area (Å²) in [4.78, 5) is 4.33. The van der Waals surface area contributed by atoms with E-state index in [9.17, 15) is 0 Å². The lowest BCUT2D eigenvalue weighted by atomic mass is 9.88. The van der Waals surface area contributed by atoms with Crippen molar-refractivity contribution in [2.75, 3.05) is 34.8 Å². The fraction of sp³-hybridized carbons (Fsp3) is 0.438. The minimum Gasteiger partial charge on any atom is -0.481 e. The lowest BCUT2D eigenvalue weighted by Crippen LogP contribution is -2.36. The van der Waals surface area contributed by atoms with E-state index in [0.29, 0.717) is 5.88 Å². The summed E-state index contributed by atoms with van der Waals surface area (Å²) in [6, 6.07) is 2.04. The quantitative estimate of drug-likeness (QED) is 0.776. The first-order valence-corrected chi connectivity index (χ1v) is 6.63. The number of likely N-dealkylation sites (N-methyl/N-ethyl adjacent to an activating group) is 1. The summed E-state index contributed by atoms with van der Waals surface area (Å²) in [5.74, 6) is 0.692. The molecule has 0 atom stereocenters. The SMILES string of the molecule is C=C(C[N+](C)(C)C)C1=CCCc2cc(OC)ncc21. The van der Waals surface area contributed by atoms with Gasteiger partial charge in [0.15, 0.2) is 0 Å². The molecule has 1 aromatic rings. The van der Waals surface area contributed by atoms with Crippen LogP contribution in [-0.2, 0) is 6.42 Å². The van der Waals surface area contributed by atoms with Gasteiger partial charge in [-0.2, -0.15) is 0 Å². The molecule has 3 nitrogen and oxygen atoms in total. The van der Waals surface area contributed by atoms with Gasteiger partial charge in [-0.15, -0.1) is 0 Å². The van der Waals surface area contributed by atoms with Crippen LogP contribution in [-0.4, -0.2) is 44.3 Å². The van der Waals surface area contributed by atoms with Gasteiger partial charge < -0.3 is 9.22 Å². The number of hydrogen-bond acceptors (Lipinski definition) is 2. The molecule has 3 heteroatoms. The first kappa shape index (κ1) is 13.8. The molecular weight excluding hydrogens is 236 g/mol. The van der Waals surface area contributed by atoms with Crippen LogP contribution >= 0.6 is 0 Å². The van der Waals surface area contributed by atoms with Crippen LogP contribution in [0.4, 0.5) is 0 Å². The minimum atomic E-state index is 0.692. The van der Waals surface area contributed by atoms with Gasteiger partial charge >= 0.3 is 0 Å². The minimum absolute atomic E-state index is 0.692. The molecule has 0 aromatic carbocycles. The molecule has 1 aromatic heterocycles. The van der Waals surface area contributed by atoms with E-state index < -0.39 is 0 Å². The van der Waals surface area contributed by atoms with Gasteiger partial charge in [0.25, 0.3) is 0 Å². The fourth-order valence-corrected chi connectivity index (χ4v) is 2.51. The Bertz CT molecular complexity index is 524. The monoisotopic (exact) mass is 259 g/mol. The third-order valence-electron chi connectivity index (χ3n) is 3.27. The molecule has 0 N–H and O–H groups in total. The highest BCUT2D eigenvalue weighted by atomic mass is 16.5. The van der Waals surface area contributed by atoms with Crippen LogP contribution in [0.25, 0.3) is 5.57 Å². The van der Waals surface area contributed by atoms with Crippen molar-refractivity contribution >= 4 is 5.57 Å². The van der Waals surface area contributed by atoms with E-state index in [-0.39, 0.29) is 0 Å². The smallest absolute Gasteiger partial charge is 0.213 e. The predicted octanol–water partition coefficient (Wildman–Crippen LogP) is 2.68. The average molecular weight is 259 g/mol. The summed E-state index contributed by atoms with van der Waals surface area (Å²) >= 11 is 0. The van der Waals surface area contributed by atoms with Gasteiger partial charge in [-0.1, -0.05) is 12.7 Å². The Kier molecular flexibility index (Phi) is 3.76. The molecule has 0 saturated heterocycles. The molecule has 1 aliphatic rings. The van der Waals surface area contributed by atoms with Crippen molar-refractivity contribution in [1.82, 2.24) is 4.98 Å². The lowest BCUT2D eigenvalue weighted by Gasteiger charge is -2.27. The molecule has 0 aliphatic heterocycles. The van der Waals surface area contributed by atoms with Crippen molar-refractivity contribution in [3.63, 3.8) is 0 Å². The van der Waals surface area contributed by atoms with Gasteiger partial charge in [-0.3, -0.25) is 0 Å². The number of fused-ring (bicyclic) bond motifs is 1. The number of allylic oxidation sites excluding steroid dienone is 1. The number of rotatable bonds is 4. The highest BCUT2D eigenvalue weighted by Gasteiger charge is 2.19. The maximum atomic E-state index is 5.20. The van der Waals surface area contributed by atoms with Crippen molar-refractivity contribution in [3.8, 4) is 5.88 Å². The second-order valence-electron chi connectivity index (χ2n) is 6.09. The van der Waals surface area contributed by atoms with Gasteiger partial charge in [0, 0.05) is 23.4 Å². The number of methoxy groups -OCH3 is 1. The summed E-state index contributed by atoms with van der Waals surface area (Å²) in [6.45, 7) is 5.20. The molecule has 0 spiro atoms. The predicted molar refractivity (Wildman–Crippen MR) is 79.1 cm³/mol. The van der Waals surface area contributed by atoms with E-state index in [4.69, 9.17) is 4.74 Å². The van der Waals surface area contributed by atoms with Gasteiger partial charge in [0.1, 0.15) is 6.54 Å². The van der Waals surface area contributed by atoms with Crippen LogP contribution in [0.3, 0.4) is 0 Å². The van der Waals surface area contributed by atoms with E-state index in [1.807, 2.05) is 12.3 Å². The molecule has 2 rings (SSSR count). The highest BCUT2D eigenvalue weighted by molar-refractivity contribution is 5.81. The zero-order chi connectivity index (χ0) is 14.0. The Morgan fingerprint density at radius 3 is 2.79 bits per heavy atom. The lowest BCUT2D eigenvalue weighted by molar-refractivity contribution is -0.865. The van der Waals surface area contributed by atoms with E-state index in [1.165, 1.54) is 22.3 Å². The zero-order valence-electron chi connectivity index (χ0n) is 12.4. The van der Waals surface area contributed by atoms with Crippen molar-refractivity contribution in [2.24, 2.45) is 0 Å². The normalized spacial score (nSPS) is 14.6. The summed E-state index contributed by atoms with van der Waals surface area (Å²) in [6.07, 6.45) is 6.31. The van der Waals surface area contributed by atoms with Gasteiger partial charge in [-0.05, 0) is 24.0 Å². The molecule has 19 heavy (non-hydrogen) atoms. The zero-order valence-corrected chi connectivity index (χ0v) is 12.4. The Morgan fingerprint density at radius 2 is 2.16 bits per heavy atom. The Labute approximate surface area is 115 Å². The van der Waals surface area contributed by atoms with Crippen molar-refractivity contribution < 1.29 is 9.22 Å². The molecule has 0 fully saturated rings. The number of aryl methyl sites for hydroxylation is 1. The second-order valence-corrected chi connectivity index (χ2v) is 6.09. The third-order valence-corrected chi connectivity index (χ3v) is 3.27. The molecule has 0 amide bonds. The Balaban J connectivity index is 2.30. The first-order valence-electron chi connectivity index (χ1n) is 6.63. The Morgan fingerprint density at radius 1 is 1.42 bits per heavy atom. The molecule has 1 heterocycles. The fourth-order valence-electron chi connectivity index (χ4n) is 2.51. The number of nitrogens with zero attached hydrogens (tertiary/aromatic N) is 2. The van der Waals surface area contributed by atoms with Crippen molar-refractivity contribution in [3.05, 3.63) is 41.6 Å².